The Bertz CT molecular complexity index is 762. The van der Waals surface area contributed by atoms with Gasteiger partial charge in [-0.05, 0) is 37.3 Å². The highest BCUT2D eigenvalue weighted by Gasteiger charge is 2.43. The SMILES string of the molecule is CC(=O)N1CCC(NC(=O)[C@H](CC(C)C)N2C(=O)c3ccccc3C2=O)CC1. The first-order valence-electron chi connectivity index (χ1n) is 9.82. The molecule has 0 aliphatic carbocycles. The average molecular weight is 385 g/mol. The lowest BCUT2D eigenvalue weighted by atomic mass is 9.99. The minimum Gasteiger partial charge on any atom is -0.351 e. The van der Waals surface area contributed by atoms with Crippen molar-refractivity contribution in [3.05, 3.63) is 35.4 Å². The van der Waals surface area contributed by atoms with Crippen LogP contribution in [0.1, 0.15) is 60.7 Å². The molecule has 1 aromatic rings. The molecule has 0 saturated carbocycles. The molecule has 0 unspecified atom stereocenters. The Morgan fingerprint density at radius 2 is 1.61 bits per heavy atom. The van der Waals surface area contributed by atoms with Gasteiger partial charge < -0.3 is 10.2 Å². The molecule has 1 aromatic carbocycles. The third kappa shape index (κ3) is 3.93. The van der Waals surface area contributed by atoms with Crippen LogP contribution in [0.25, 0.3) is 0 Å². The molecule has 1 atom stereocenters. The summed E-state index contributed by atoms with van der Waals surface area (Å²) >= 11 is 0. The van der Waals surface area contributed by atoms with Crippen molar-refractivity contribution < 1.29 is 19.2 Å². The minimum absolute atomic E-state index is 0.0356. The predicted octanol–water partition coefficient (Wildman–Crippen LogP) is 1.82. The van der Waals surface area contributed by atoms with Gasteiger partial charge in [-0.2, -0.15) is 0 Å². The predicted molar refractivity (Wildman–Crippen MR) is 104 cm³/mol. The number of carbonyl (C=O) groups is 4. The van der Waals surface area contributed by atoms with E-state index in [0.717, 1.165) is 4.90 Å². The second-order valence-corrected chi connectivity index (χ2v) is 7.96. The number of hydrogen-bond acceptors (Lipinski definition) is 4. The molecule has 2 heterocycles. The van der Waals surface area contributed by atoms with Gasteiger partial charge in [0.25, 0.3) is 11.8 Å². The number of fused-ring (bicyclic) bond motifs is 1. The maximum absolute atomic E-state index is 13.1. The van der Waals surface area contributed by atoms with Crippen LogP contribution in [0.2, 0.25) is 0 Å². The largest absolute Gasteiger partial charge is 0.351 e. The van der Waals surface area contributed by atoms with Gasteiger partial charge in [-0.3, -0.25) is 24.1 Å². The second kappa shape index (κ2) is 8.12. The third-order valence-electron chi connectivity index (χ3n) is 5.42. The van der Waals surface area contributed by atoms with E-state index in [1.807, 2.05) is 13.8 Å². The van der Waals surface area contributed by atoms with Gasteiger partial charge in [-0.15, -0.1) is 0 Å². The van der Waals surface area contributed by atoms with E-state index in [4.69, 9.17) is 0 Å². The van der Waals surface area contributed by atoms with Gasteiger partial charge in [-0.1, -0.05) is 26.0 Å². The highest BCUT2D eigenvalue weighted by Crippen LogP contribution is 2.27. The Hall–Kier alpha value is -2.70. The molecule has 0 spiro atoms. The highest BCUT2D eigenvalue weighted by molar-refractivity contribution is 6.22. The zero-order valence-corrected chi connectivity index (χ0v) is 16.6. The van der Waals surface area contributed by atoms with E-state index >= 15 is 0 Å². The lowest BCUT2D eigenvalue weighted by Gasteiger charge is -2.34. The Balaban J connectivity index is 1.74. The molecule has 28 heavy (non-hydrogen) atoms. The van der Waals surface area contributed by atoms with Gasteiger partial charge in [-0.25, -0.2) is 0 Å². The van der Waals surface area contributed by atoms with E-state index in [9.17, 15) is 19.2 Å². The number of nitrogens with zero attached hydrogens (tertiary/aromatic N) is 2. The Labute approximate surface area is 165 Å². The summed E-state index contributed by atoms with van der Waals surface area (Å²) in [5, 5.41) is 3.01. The fraction of sp³-hybridized carbons (Fsp3) is 0.524. The lowest BCUT2D eigenvalue weighted by molar-refractivity contribution is -0.130. The first kappa shape index (κ1) is 20.0. The van der Waals surface area contributed by atoms with E-state index in [1.54, 1.807) is 36.1 Å². The van der Waals surface area contributed by atoms with Gasteiger partial charge in [0.1, 0.15) is 6.04 Å². The van der Waals surface area contributed by atoms with Gasteiger partial charge in [0.15, 0.2) is 0 Å². The van der Waals surface area contributed by atoms with Crippen molar-refractivity contribution in [2.75, 3.05) is 13.1 Å². The molecule has 0 bridgehead atoms. The number of likely N-dealkylation sites (tertiary alicyclic amines) is 1. The summed E-state index contributed by atoms with van der Waals surface area (Å²) in [6.45, 7) is 6.66. The minimum atomic E-state index is -0.835. The van der Waals surface area contributed by atoms with Crippen molar-refractivity contribution >= 4 is 23.6 Å². The van der Waals surface area contributed by atoms with Crippen molar-refractivity contribution in [2.45, 2.75) is 52.1 Å². The molecule has 0 aromatic heterocycles. The van der Waals surface area contributed by atoms with E-state index < -0.39 is 17.9 Å². The maximum Gasteiger partial charge on any atom is 0.262 e. The first-order chi connectivity index (χ1) is 13.3. The summed E-state index contributed by atoms with van der Waals surface area (Å²) in [6, 6.07) is 5.78. The molecular formula is C21H27N3O4. The number of amides is 4. The Morgan fingerprint density at radius 3 is 2.07 bits per heavy atom. The van der Waals surface area contributed by atoms with Crippen LogP contribution >= 0.6 is 0 Å². The molecule has 0 radical (unpaired) electrons. The fourth-order valence-corrected chi connectivity index (χ4v) is 3.90. The molecule has 1 saturated heterocycles. The summed E-state index contributed by atoms with van der Waals surface area (Å²) in [4.78, 5) is 53.1. The van der Waals surface area contributed by atoms with Crippen molar-refractivity contribution in [2.24, 2.45) is 5.92 Å². The molecular weight excluding hydrogens is 358 g/mol. The van der Waals surface area contributed by atoms with E-state index in [2.05, 4.69) is 5.32 Å². The third-order valence-corrected chi connectivity index (χ3v) is 5.42. The van der Waals surface area contributed by atoms with Crippen LogP contribution in [0.4, 0.5) is 0 Å². The average Bonchev–Trinajstić information content (AvgIpc) is 2.91. The highest BCUT2D eigenvalue weighted by atomic mass is 16.2. The lowest BCUT2D eigenvalue weighted by Crippen LogP contribution is -2.54. The molecule has 1 fully saturated rings. The van der Waals surface area contributed by atoms with E-state index in [-0.39, 0.29) is 23.8 Å². The number of rotatable bonds is 5. The Morgan fingerprint density at radius 1 is 1.07 bits per heavy atom. The van der Waals surface area contributed by atoms with Crippen LogP contribution in [0, 0.1) is 5.92 Å². The van der Waals surface area contributed by atoms with Gasteiger partial charge in [0, 0.05) is 26.1 Å². The molecule has 7 nitrogen and oxygen atoms in total. The van der Waals surface area contributed by atoms with Crippen molar-refractivity contribution in [1.82, 2.24) is 15.1 Å². The first-order valence-corrected chi connectivity index (χ1v) is 9.82. The van der Waals surface area contributed by atoms with Crippen molar-refractivity contribution in [3.8, 4) is 0 Å². The number of carbonyl (C=O) groups excluding carboxylic acids is 4. The zero-order chi connectivity index (χ0) is 20.4. The number of piperidine rings is 1. The quantitative estimate of drug-likeness (QED) is 0.784. The van der Waals surface area contributed by atoms with Crippen molar-refractivity contribution in [1.29, 1.82) is 0 Å². The van der Waals surface area contributed by atoms with Crippen LogP contribution in [0.5, 0.6) is 0 Å². The Kier molecular flexibility index (Phi) is 5.82. The molecule has 4 amide bonds. The standard InChI is InChI=1S/C21H27N3O4/c1-13(2)12-18(19(26)22-15-8-10-23(11-9-15)14(3)25)24-20(27)16-6-4-5-7-17(16)21(24)28/h4-7,13,15,18H,8-12H2,1-3H3,(H,22,26)/t18-/m0/s1. The van der Waals surface area contributed by atoms with Crippen LogP contribution in [-0.2, 0) is 9.59 Å². The smallest absolute Gasteiger partial charge is 0.262 e. The number of hydrogen-bond donors (Lipinski definition) is 1. The summed E-state index contributed by atoms with van der Waals surface area (Å²) in [7, 11) is 0. The molecule has 2 aliphatic rings. The summed E-state index contributed by atoms with van der Waals surface area (Å²) in [6.07, 6.45) is 1.74. The molecule has 2 aliphatic heterocycles. The number of nitrogens with one attached hydrogen (secondary N) is 1. The molecule has 3 rings (SSSR count). The molecule has 150 valence electrons. The second-order valence-electron chi connectivity index (χ2n) is 7.96. The molecule has 7 heteroatoms. The normalized spacial score (nSPS) is 18.4. The summed E-state index contributed by atoms with van der Waals surface area (Å²) in [5.74, 6) is -0.946. The van der Waals surface area contributed by atoms with Crippen LogP contribution in [0.15, 0.2) is 24.3 Å². The van der Waals surface area contributed by atoms with E-state index in [1.165, 1.54) is 0 Å². The zero-order valence-electron chi connectivity index (χ0n) is 16.6. The fourth-order valence-electron chi connectivity index (χ4n) is 3.90. The number of imide groups is 1. The van der Waals surface area contributed by atoms with Crippen LogP contribution in [0.3, 0.4) is 0 Å². The van der Waals surface area contributed by atoms with Gasteiger partial charge in [0.05, 0.1) is 11.1 Å². The molecule has 1 N–H and O–H groups in total. The topological polar surface area (TPSA) is 86.8 Å². The van der Waals surface area contributed by atoms with Crippen molar-refractivity contribution in [3.63, 3.8) is 0 Å². The van der Waals surface area contributed by atoms with E-state index in [0.29, 0.717) is 43.5 Å². The van der Waals surface area contributed by atoms with Gasteiger partial charge >= 0.3 is 0 Å². The summed E-state index contributed by atoms with van der Waals surface area (Å²) in [5.41, 5.74) is 0.702. The maximum atomic E-state index is 13.1. The van der Waals surface area contributed by atoms with Gasteiger partial charge in [0.2, 0.25) is 11.8 Å². The van der Waals surface area contributed by atoms with Crippen LogP contribution in [-0.4, -0.2) is 58.6 Å². The van der Waals surface area contributed by atoms with Crippen LogP contribution < -0.4 is 5.32 Å². The monoisotopic (exact) mass is 385 g/mol. The summed E-state index contributed by atoms with van der Waals surface area (Å²) < 4.78 is 0. The number of benzene rings is 1.